The largest absolute Gasteiger partial charge is 0.385 e. The molecule has 1 amide bonds. The van der Waals surface area contributed by atoms with Crippen LogP contribution in [-0.2, 0) is 0 Å². The third-order valence-corrected chi connectivity index (χ3v) is 2.58. The molecule has 1 rings (SSSR count). The number of hydrogen-bond acceptors (Lipinski definition) is 2. The number of benzene rings is 1. The SMILES string of the molecule is O=C(NCC(O)C(F)F)c1c(Cl)cccc1Cl. The zero-order valence-electron chi connectivity index (χ0n) is 8.46. The van der Waals surface area contributed by atoms with Gasteiger partial charge in [-0.3, -0.25) is 4.79 Å². The van der Waals surface area contributed by atoms with Crippen LogP contribution in [-0.4, -0.2) is 30.1 Å². The van der Waals surface area contributed by atoms with Crippen LogP contribution in [0.4, 0.5) is 8.78 Å². The van der Waals surface area contributed by atoms with Gasteiger partial charge in [0.05, 0.1) is 15.6 Å². The van der Waals surface area contributed by atoms with Crippen molar-refractivity contribution in [3.05, 3.63) is 33.8 Å². The molecule has 0 fully saturated rings. The molecule has 0 bridgehead atoms. The number of amides is 1. The Labute approximate surface area is 106 Å². The third-order valence-electron chi connectivity index (χ3n) is 1.95. The van der Waals surface area contributed by atoms with Gasteiger partial charge in [-0.2, -0.15) is 0 Å². The van der Waals surface area contributed by atoms with Crippen LogP contribution in [0.1, 0.15) is 10.4 Å². The van der Waals surface area contributed by atoms with Crippen molar-refractivity contribution in [1.82, 2.24) is 5.32 Å². The van der Waals surface area contributed by atoms with E-state index in [-0.39, 0.29) is 15.6 Å². The summed E-state index contributed by atoms with van der Waals surface area (Å²) < 4.78 is 24.0. The van der Waals surface area contributed by atoms with Crippen molar-refractivity contribution in [3.8, 4) is 0 Å². The molecule has 0 saturated heterocycles. The van der Waals surface area contributed by atoms with E-state index in [4.69, 9.17) is 28.3 Å². The van der Waals surface area contributed by atoms with Gasteiger partial charge >= 0.3 is 0 Å². The van der Waals surface area contributed by atoms with Gasteiger partial charge in [-0.15, -0.1) is 0 Å². The minimum atomic E-state index is -2.92. The van der Waals surface area contributed by atoms with Crippen molar-refractivity contribution in [1.29, 1.82) is 0 Å². The highest BCUT2D eigenvalue weighted by Crippen LogP contribution is 2.23. The summed E-state index contributed by atoms with van der Waals surface area (Å²) in [7, 11) is 0. The van der Waals surface area contributed by atoms with Gasteiger partial charge in [-0.1, -0.05) is 29.3 Å². The van der Waals surface area contributed by atoms with Gasteiger partial charge in [-0.05, 0) is 12.1 Å². The first-order valence-corrected chi connectivity index (χ1v) is 5.37. The summed E-state index contributed by atoms with van der Waals surface area (Å²) in [5.74, 6) is -0.708. The van der Waals surface area contributed by atoms with Crippen molar-refractivity contribution in [2.45, 2.75) is 12.5 Å². The second-order valence-electron chi connectivity index (χ2n) is 3.21. The Bertz CT molecular complexity index is 395. The van der Waals surface area contributed by atoms with E-state index in [1.807, 2.05) is 0 Å². The highest BCUT2D eigenvalue weighted by atomic mass is 35.5. The highest BCUT2D eigenvalue weighted by Gasteiger charge is 2.19. The normalized spacial score (nSPS) is 12.6. The summed E-state index contributed by atoms with van der Waals surface area (Å²) in [5.41, 5.74) is -0.00250. The smallest absolute Gasteiger partial charge is 0.265 e. The molecule has 0 aromatic heterocycles. The summed E-state index contributed by atoms with van der Waals surface area (Å²) in [6.45, 7) is -0.571. The lowest BCUT2D eigenvalue weighted by Crippen LogP contribution is -2.36. The summed E-state index contributed by atoms with van der Waals surface area (Å²) in [6.07, 6.45) is -4.84. The predicted octanol–water partition coefficient (Wildman–Crippen LogP) is 2.35. The van der Waals surface area contributed by atoms with Crippen molar-refractivity contribution in [2.75, 3.05) is 6.54 Å². The molecule has 1 atom stereocenters. The maximum atomic E-state index is 12.0. The fourth-order valence-electron chi connectivity index (χ4n) is 1.09. The van der Waals surface area contributed by atoms with E-state index < -0.39 is 25.0 Å². The molecule has 2 N–H and O–H groups in total. The molecule has 94 valence electrons. The first-order valence-electron chi connectivity index (χ1n) is 4.62. The molecule has 1 unspecified atom stereocenters. The fraction of sp³-hybridized carbons (Fsp3) is 0.300. The van der Waals surface area contributed by atoms with Crippen LogP contribution in [0.3, 0.4) is 0 Å². The van der Waals surface area contributed by atoms with E-state index in [1.165, 1.54) is 12.1 Å². The van der Waals surface area contributed by atoms with Gasteiger partial charge < -0.3 is 10.4 Å². The molecule has 0 aliphatic heterocycles. The molecule has 0 heterocycles. The molecule has 0 aliphatic rings. The zero-order valence-corrected chi connectivity index (χ0v) is 9.97. The summed E-state index contributed by atoms with van der Waals surface area (Å²) in [4.78, 5) is 11.6. The monoisotopic (exact) mass is 283 g/mol. The van der Waals surface area contributed by atoms with Gasteiger partial charge in [0.25, 0.3) is 12.3 Å². The zero-order chi connectivity index (χ0) is 13.0. The lowest BCUT2D eigenvalue weighted by molar-refractivity contribution is -0.00270. The lowest BCUT2D eigenvalue weighted by Gasteiger charge is -2.12. The predicted molar refractivity (Wildman–Crippen MR) is 60.8 cm³/mol. The Morgan fingerprint density at radius 1 is 1.35 bits per heavy atom. The number of hydrogen-bond donors (Lipinski definition) is 2. The van der Waals surface area contributed by atoms with Crippen molar-refractivity contribution in [3.63, 3.8) is 0 Å². The summed E-state index contributed by atoms with van der Waals surface area (Å²) in [5, 5.41) is 11.2. The van der Waals surface area contributed by atoms with Gasteiger partial charge in [0.1, 0.15) is 6.10 Å². The molecule has 1 aromatic carbocycles. The van der Waals surface area contributed by atoms with Crippen LogP contribution in [0.5, 0.6) is 0 Å². The molecule has 0 spiro atoms. The van der Waals surface area contributed by atoms with Crippen LogP contribution in [0, 0.1) is 0 Å². The van der Waals surface area contributed by atoms with Crippen LogP contribution in [0.2, 0.25) is 10.0 Å². The molecule has 1 aromatic rings. The number of carbonyl (C=O) groups is 1. The van der Waals surface area contributed by atoms with Crippen molar-refractivity contribution >= 4 is 29.1 Å². The van der Waals surface area contributed by atoms with Crippen LogP contribution in [0.15, 0.2) is 18.2 Å². The van der Waals surface area contributed by atoms with Gasteiger partial charge in [0.2, 0.25) is 0 Å². The Morgan fingerprint density at radius 2 is 1.88 bits per heavy atom. The molecule has 7 heteroatoms. The minimum Gasteiger partial charge on any atom is -0.385 e. The number of aliphatic hydroxyl groups excluding tert-OH is 1. The maximum Gasteiger partial charge on any atom is 0.265 e. The maximum absolute atomic E-state index is 12.0. The fourth-order valence-corrected chi connectivity index (χ4v) is 1.66. The first-order chi connectivity index (χ1) is 7.93. The second kappa shape index (κ2) is 6.14. The van der Waals surface area contributed by atoms with Crippen molar-refractivity contribution in [2.24, 2.45) is 0 Å². The molecular weight excluding hydrogens is 275 g/mol. The number of carbonyl (C=O) groups excluding carboxylic acids is 1. The molecule has 3 nitrogen and oxygen atoms in total. The van der Waals surface area contributed by atoms with E-state index >= 15 is 0 Å². The van der Waals surface area contributed by atoms with E-state index in [1.54, 1.807) is 6.07 Å². The van der Waals surface area contributed by atoms with Crippen molar-refractivity contribution < 1.29 is 18.7 Å². The van der Waals surface area contributed by atoms with E-state index in [2.05, 4.69) is 5.32 Å². The average Bonchev–Trinajstić information content (AvgIpc) is 2.25. The Morgan fingerprint density at radius 3 is 2.35 bits per heavy atom. The number of rotatable bonds is 4. The Hall–Kier alpha value is -0.910. The third kappa shape index (κ3) is 3.80. The number of nitrogens with one attached hydrogen (secondary N) is 1. The van der Waals surface area contributed by atoms with E-state index in [0.717, 1.165) is 0 Å². The summed E-state index contributed by atoms with van der Waals surface area (Å²) in [6, 6.07) is 4.45. The number of halogens is 4. The van der Waals surface area contributed by atoms with E-state index in [0.29, 0.717) is 0 Å². The lowest BCUT2D eigenvalue weighted by atomic mass is 10.2. The topological polar surface area (TPSA) is 49.3 Å². The molecule has 0 radical (unpaired) electrons. The van der Waals surface area contributed by atoms with Crippen LogP contribution < -0.4 is 5.32 Å². The standard InChI is InChI=1S/C10H9Cl2F2NO2/c11-5-2-1-3-6(12)8(5)10(17)15-4-7(16)9(13)14/h1-3,7,9,16H,4H2,(H,15,17). The first kappa shape index (κ1) is 14.2. The van der Waals surface area contributed by atoms with Gasteiger partial charge in [0, 0.05) is 6.54 Å². The Kier molecular flexibility index (Phi) is 5.11. The average molecular weight is 284 g/mol. The van der Waals surface area contributed by atoms with Crippen LogP contribution in [0.25, 0.3) is 0 Å². The van der Waals surface area contributed by atoms with Gasteiger partial charge in [-0.25, -0.2) is 8.78 Å². The molecular formula is C10H9Cl2F2NO2. The Balaban J connectivity index is 2.71. The second-order valence-corrected chi connectivity index (χ2v) is 4.02. The number of aliphatic hydroxyl groups is 1. The minimum absolute atomic E-state index is 0.00250. The number of alkyl halides is 2. The summed E-state index contributed by atoms with van der Waals surface area (Å²) >= 11 is 11.5. The molecule has 17 heavy (non-hydrogen) atoms. The highest BCUT2D eigenvalue weighted by molar-refractivity contribution is 6.39. The van der Waals surface area contributed by atoms with E-state index in [9.17, 15) is 13.6 Å². The van der Waals surface area contributed by atoms with Gasteiger partial charge in [0.15, 0.2) is 0 Å². The molecule has 0 aliphatic carbocycles. The quantitative estimate of drug-likeness (QED) is 0.891. The van der Waals surface area contributed by atoms with Crippen LogP contribution >= 0.6 is 23.2 Å². The molecule has 0 saturated carbocycles.